The van der Waals surface area contributed by atoms with Gasteiger partial charge < -0.3 is 34.7 Å². The van der Waals surface area contributed by atoms with Gasteiger partial charge in [0.1, 0.15) is 23.3 Å². The first kappa shape index (κ1) is 28.8. The zero-order chi connectivity index (χ0) is 29.1. The smallest absolute Gasteiger partial charge is 0.271 e. The molecule has 41 heavy (non-hydrogen) atoms. The van der Waals surface area contributed by atoms with Crippen molar-refractivity contribution in [2.45, 2.75) is 44.4 Å². The molecule has 2 amide bonds. The highest BCUT2D eigenvalue weighted by Crippen LogP contribution is 2.30. The van der Waals surface area contributed by atoms with Crippen molar-refractivity contribution in [1.29, 1.82) is 0 Å². The van der Waals surface area contributed by atoms with Crippen LogP contribution in [-0.2, 0) is 16.1 Å². The first-order valence-electron chi connectivity index (χ1n) is 13.4. The minimum atomic E-state index is -0.881. The van der Waals surface area contributed by atoms with Crippen molar-refractivity contribution >= 4 is 29.4 Å². The maximum absolute atomic E-state index is 14.0. The zero-order valence-electron chi connectivity index (χ0n) is 22.8. The van der Waals surface area contributed by atoms with Crippen LogP contribution in [0.15, 0.2) is 36.7 Å². The number of nitrogens with one attached hydrogen (secondary N) is 2. The molecule has 0 saturated carbocycles. The van der Waals surface area contributed by atoms with E-state index in [0.717, 1.165) is 12.8 Å². The molecule has 0 unspecified atom stereocenters. The predicted octanol–water partition coefficient (Wildman–Crippen LogP) is 3.03. The van der Waals surface area contributed by atoms with E-state index in [4.69, 9.17) is 21.1 Å². The van der Waals surface area contributed by atoms with Crippen molar-refractivity contribution in [3.8, 4) is 17.0 Å². The number of hydrogen-bond donors (Lipinski definition) is 3. The van der Waals surface area contributed by atoms with Gasteiger partial charge in [-0.1, -0.05) is 11.6 Å². The van der Waals surface area contributed by atoms with Crippen LogP contribution in [0.4, 0.5) is 10.3 Å². The number of anilines is 1. The summed E-state index contributed by atoms with van der Waals surface area (Å²) >= 11 is 6.45. The third kappa shape index (κ3) is 6.29. The van der Waals surface area contributed by atoms with E-state index >= 15 is 0 Å². The number of aliphatic hydroxyl groups excluding tert-OH is 1. The van der Waals surface area contributed by atoms with E-state index in [1.165, 1.54) is 36.4 Å². The third-order valence-corrected chi connectivity index (χ3v) is 7.68. The molecular formula is C28H32ClFN6O5. The highest BCUT2D eigenvalue weighted by molar-refractivity contribution is 6.33. The van der Waals surface area contributed by atoms with E-state index in [-0.39, 0.29) is 17.7 Å². The van der Waals surface area contributed by atoms with Crippen LogP contribution >= 0.6 is 11.6 Å². The molecule has 4 heterocycles. The molecule has 3 N–H and O–H groups in total. The number of amides is 2. The number of carbonyl (C=O) groups is 2. The van der Waals surface area contributed by atoms with Crippen LogP contribution in [0.1, 0.15) is 41.9 Å². The average molecular weight is 587 g/mol. The van der Waals surface area contributed by atoms with E-state index in [9.17, 15) is 19.1 Å². The van der Waals surface area contributed by atoms with Gasteiger partial charge in [0.2, 0.25) is 11.9 Å². The Morgan fingerprint density at radius 1 is 1.27 bits per heavy atom. The number of aliphatic hydroxyl groups is 1. The van der Waals surface area contributed by atoms with Gasteiger partial charge in [0.15, 0.2) is 0 Å². The zero-order valence-corrected chi connectivity index (χ0v) is 23.5. The summed E-state index contributed by atoms with van der Waals surface area (Å²) in [6.07, 6.45) is 5.07. The Balaban J connectivity index is 1.30. The summed E-state index contributed by atoms with van der Waals surface area (Å²) in [6, 6.07) is 4.15. The first-order valence-corrected chi connectivity index (χ1v) is 13.8. The second-order valence-electron chi connectivity index (χ2n) is 10.1. The Kier molecular flexibility index (Phi) is 8.71. The van der Waals surface area contributed by atoms with E-state index in [1.807, 2.05) is 10.8 Å². The summed E-state index contributed by atoms with van der Waals surface area (Å²) in [4.78, 5) is 37.0. The van der Waals surface area contributed by atoms with Gasteiger partial charge in [-0.15, -0.1) is 0 Å². The van der Waals surface area contributed by atoms with Gasteiger partial charge in [0.05, 0.1) is 36.7 Å². The summed E-state index contributed by atoms with van der Waals surface area (Å²) in [7, 11) is 1.40. The Labute approximate surface area is 241 Å². The second kappa shape index (κ2) is 12.4. The maximum Gasteiger partial charge on any atom is 0.271 e. The van der Waals surface area contributed by atoms with Crippen molar-refractivity contribution in [1.82, 2.24) is 24.8 Å². The number of rotatable bonds is 9. The van der Waals surface area contributed by atoms with E-state index in [2.05, 4.69) is 20.6 Å². The lowest BCUT2D eigenvalue weighted by Gasteiger charge is -2.33. The Hall–Kier alpha value is -3.74. The largest absolute Gasteiger partial charge is 0.497 e. The fourth-order valence-electron chi connectivity index (χ4n) is 5.07. The molecule has 2 aliphatic heterocycles. The van der Waals surface area contributed by atoms with Crippen LogP contribution in [0.25, 0.3) is 11.3 Å². The third-order valence-electron chi connectivity index (χ3n) is 7.41. The minimum absolute atomic E-state index is 0.205. The molecule has 2 aromatic heterocycles. The van der Waals surface area contributed by atoms with Gasteiger partial charge in [-0.2, -0.15) is 0 Å². The van der Waals surface area contributed by atoms with E-state index in [1.54, 1.807) is 13.0 Å². The maximum atomic E-state index is 14.0. The summed E-state index contributed by atoms with van der Waals surface area (Å²) in [6.45, 7) is 3.26. The quantitative estimate of drug-likeness (QED) is 0.349. The second-order valence-corrected chi connectivity index (χ2v) is 10.5. The molecule has 0 aliphatic carbocycles. The Morgan fingerprint density at radius 3 is 2.78 bits per heavy atom. The molecule has 5 rings (SSSR count). The van der Waals surface area contributed by atoms with Crippen molar-refractivity contribution in [3.63, 3.8) is 0 Å². The molecule has 13 heteroatoms. The fraction of sp³-hybridized carbons (Fsp3) is 0.429. The lowest BCUT2D eigenvalue weighted by molar-refractivity contribution is -0.126. The molecule has 0 radical (unpaired) electrons. The van der Waals surface area contributed by atoms with Crippen LogP contribution in [0.3, 0.4) is 0 Å². The molecule has 1 fully saturated rings. The van der Waals surface area contributed by atoms with Crippen LogP contribution in [-0.4, -0.2) is 81.9 Å². The molecule has 2 aliphatic rings. The number of nitrogens with zero attached hydrogens (tertiary/aromatic N) is 4. The molecule has 0 spiro atoms. The average Bonchev–Trinajstić information content (AvgIpc) is 3.42. The predicted molar refractivity (Wildman–Crippen MR) is 149 cm³/mol. The molecule has 3 aromatic rings. The standard InChI is InChI=1S/C28H32ClFN6O5/c1-16(26(38)33-23(15-37)17-9-19(30)12-21(10-17)40-2)36-6-5-35-14-18(11-24(35)27(36)39)25-22(29)13-31-28(34-25)32-20-3-7-41-8-4-20/h9-14,16,20,23,37H,3-8,15H2,1-2H3,(H,33,38)(H,31,32,34)/t16-,23-/m1/s1. The van der Waals surface area contributed by atoms with Crippen molar-refractivity contribution in [2.75, 3.05) is 38.8 Å². The fourth-order valence-corrected chi connectivity index (χ4v) is 5.27. The number of hydrogen-bond acceptors (Lipinski definition) is 8. The number of ether oxygens (including phenoxy) is 2. The normalized spacial score (nSPS) is 17.1. The van der Waals surface area contributed by atoms with Crippen molar-refractivity contribution < 1.29 is 28.6 Å². The molecule has 1 saturated heterocycles. The minimum Gasteiger partial charge on any atom is -0.497 e. The van der Waals surface area contributed by atoms with Crippen LogP contribution in [0, 0.1) is 5.82 Å². The number of halogens is 2. The summed E-state index contributed by atoms with van der Waals surface area (Å²) in [5, 5.41) is 16.3. The Bertz CT molecular complexity index is 1430. The number of benzene rings is 1. The van der Waals surface area contributed by atoms with Gasteiger partial charge in [-0.3, -0.25) is 9.59 Å². The van der Waals surface area contributed by atoms with Gasteiger partial charge in [0, 0.05) is 50.2 Å². The number of carbonyl (C=O) groups excluding carboxylic acids is 2. The van der Waals surface area contributed by atoms with E-state index in [0.29, 0.717) is 59.8 Å². The lowest BCUT2D eigenvalue weighted by Crippen LogP contribution is -2.52. The number of fused-ring (bicyclic) bond motifs is 1. The summed E-state index contributed by atoms with van der Waals surface area (Å²) in [5.41, 5.74) is 1.91. The summed E-state index contributed by atoms with van der Waals surface area (Å²) in [5.74, 6) is -0.655. The molecular weight excluding hydrogens is 555 g/mol. The number of methoxy groups -OCH3 is 1. The van der Waals surface area contributed by atoms with Gasteiger partial charge >= 0.3 is 0 Å². The van der Waals surface area contributed by atoms with Gasteiger partial charge in [-0.05, 0) is 43.5 Å². The summed E-state index contributed by atoms with van der Waals surface area (Å²) < 4.78 is 26.3. The molecule has 0 bridgehead atoms. The molecule has 1 aromatic carbocycles. The highest BCUT2D eigenvalue weighted by atomic mass is 35.5. The van der Waals surface area contributed by atoms with Crippen LogP contribution < -0.4 is 15.4 Å². The van der Waals surface area contributed by atoms with Gasteiger partial charge in [-0.25, -0.2) is 14.4 Å². The van der Waals surface area contributed by atoms with Crippen molar-refractivity contribution in [3.05, 3.63) is 58.8 Å². The number of aromatic nitrogens is 3. The lowest BCUT2D eigenvalue weighted by atomic mass is 10.1. The topological polar surface area (TPSA) is 131 Å². The van der Waals surface area contributed by atoms with Crippen LogP contribution in [0.2, 0.25) is 5.02 Å². The van der Waals surface area contributed by atoms with Gasteiger partial charge in [0.25, 0.3) is 5.91 Å². The van der Waals surface area contributed by atoms with E-state index < -0.39 is 30.4 Å². The molecule has 218 valence electrons. The Morgan fingerprint density at radius 2 is 2.05 bits per heavy atom. The monoisotopic (exact) mass is 586 g/mol. The first-order chi connectivity index (χ1) is 19.8. The van der Waals surface area contributed by atoms with Crippen molar-refractivity contribution in [2.24, 2.45) is 0 Å². The molecule has 11 nitrogen and oxygen atoms in total. The highest BCUT2D eigenvalue weighted by Gasteiger charge is 2.33. The van der Waals surface area contributed by atoms with Crippen LogP contribution in [0.5, 0.6) is 5.75 Å². The SMILES string of the molecule is COc1cc(F)cc([C@@H](CO)NC(=O)[C@@H](C)N2CCn3cc(-c4nc(NC5CCOCC5)ncc4Cl)cc3C2=O)c1. The molecule has 2 atom stereocenters.